The standard InChI is InChI=1S/C20H23.2ClH.Zr/c1-11-12(2)14(4)19(13(11)3)20-15(5)17-9-7-8-10-18(17)16(20)6;;;/h7-10,15H,1-6H3;2*1H;/q-1;;;+3/p-2. The molecule has 0 aromatic heterocycles. The Labute approximate surface area is 172 Å². The molecule has 0 nitrogen and oxygen atoms in total. The van der Waals surface area contributed by atoms with E-state index in [9.17, 15) is 0 Å². The van der Waals surface area contributed by atoms with E-state index in [0.29, 0.717) is 5.92 Å². The van der Waals surface area contributed by atoms with Gasteiger partial charge in [0.25, 0.3) is 0 Å². The van der Waals surface area contributed by atoms with Crippen LogP contribution in [0.25, 0.3) is 11.1 Å². The van der Waals surface area contributed by atoms with Crippen molar-refractivity contribution in [2.75, 3.05) is 0 Å². The zero-order valence-electron chi connectivity index (χ0n) is 14.6. The zero-order valence-corrected chi connectivity index (χ0v) is 18.6. The van der Waals surface area contributed by atoms with Crippen molar-refractivity contribution in [3.05, 3.63) is 63.2 Å². The summed E-state index contributed by atoms with van der Waals surface area (Å²) < 4.78 is 0. The van der Waals surface area contributed by atoms with Crippen molar-refractivity contribution in [2.24, 2.45) is 0 Å². The number of rotatable bonds is 1. The minimum Gasteiger partial charge on any atom is -1.00 e. The second kappa shape index (κ2) is 8.24. The Hall–Kier alpha value is -0.227. The molecule has 0 bridgehead atoms. The monoisotopic (exact) mass is 423 g/mol. The Morgan fingerprint density at radius 3 is 1.96 bits per heavy atom. The van der Waals surface area contributed by atoms with Crippen LogP contribution in [0.2, 0.25) is 0 Å². The topological polar surface area (TPSA) is 0 Å². The maximum atomic E-state index is 2.35. The summed E-state index contributed by atoms with van der Waals surface area (Å²) in [6, 6.07) is 8.86. The van der Waals surface area contributed by atoms with Crippen LogP contribution in [0.15, 0.2) is 24.3 Å². The van der Waals surface area contributed by atoms with Gasteiger partial charge in [-0.05, 0) is 24.0 Å². The Kier molecular flexibility index (Phi) is 8.16. The normalized spacial score (nSPS) is 15.5. The number of halogens is 2. The first kappa shape index (κ1) is 22.8. The van der Waals surface area contributed by atoms with E-state index in [0.717, 1.165) is 0 Å². The Morgan fingerprint density at radius 1 is 0.913 bits per heavy atom. The largest absolute Gasteiger partial charge is 3.00 e. The number of allylic oxidation sites excluding steroid dienone is 2. The molecule has 0 N–H and O–H groups in total. The van der Waals surface area contributed by atoms with E-state index in [1.807, 2.05) is 0 Å². The van der Waals surface area contributed by atoms with Gasteiger partial charge in [0.15, 0.2) is 0 Å². The molecule has 3 rings (SSSR count). The summed E-state index contributed by atoms with van der Waals surface area (Å²) in [6.45, 7) is 13.7. The van der Waals surface area contributed by atoms with Crippen molar-refractivity contribution in [3.8, 4) is 0 Å². The summed E-state index contributed by atoms with van der Waals surface area (Å²) in [4.78, 5) is 0. The van der Waals surface area contributed by atoms with Crippen LogP contribution in [0.1, 0.15) is 58.7 Å². The van der Waals surface area contributed by atoms with Gasteiger partial charge in [-0.3, -0.25) is 0 Å². The molecular weight excluding hydrogens is 402 g/mol. The molecule has 1 aliphatic rings. The van der Waals surface area contributed by atoms with E-state index < -0.39 is 0 Å². The minimum absolute atomic E-state index is 0. The molecule has 1 unspecified atom stereocenters. The SMILES string of the molecule is CC1=C(c2c(C)c(C)c(C)[c-]2C)C(C)c2ccccc21.[Cl-].[Cl-].[Zr+3]. The summed E-state index contributed by atoms with van der Waals surface area (Å²) in [6.07, 6.45) is 0. The summed E-state index contributed by atoms with van der Waals surface area (Å²) in [5, 5.41) is 0. The second-order valence-corrected chi connectivity index (χ2v) is 6.22. The van der Waals surface area contributed by atoms with Crippen LogP contribution >= 0.6 is 0 Å². The van der Waals surface area contributed by atoms with Crippen molar-refractivity contribution in [3.63, 3.8) is 0 Å². The van der Waals surface area contributed by atoms with Crippen molar-refractivity contribution in [1.29, 1.82) is 0 Å². The third kappa shape index (κ3) is 3.30. The van der Waals surface area contributed by atoms with Crippen molar-refractivity contribution in [2.45, 2.75) is 47.5 Å². The van der Waals surface area contributed by atoms with Crippen LogP contribution in [0.4, 0.5) is 0 Å². The fraction of sp³-hybridized carbons (Fsp3) is 0.350. The van der Waals surface area contributed by atoms with E-state index in [1.165, 1.54) is 50.1 Å². The molecule has 1 atom stereocenters. The minimum atomic E-state index is 0. The first-order valence-corrected chi connectivity index (χ1v) is 7.48. The van der Waals surface area contributed by atoms with Crippen LogP contribution in [0.3, 0.4) is 0 Å². The average Bonchev–Trinajstić information content (AvgIpc) is 2.80. The molecule has 1 aliphatic carbocycles. The molecule has 3 heteroatoms. The van der Waals surface area contributed by atoms with Gasteiger partial charge in [0.2, 0.25) is 0 Å². The third-order valence-electron chi connectivity index (χ3n) is 5.38. The third-order valence-corrected chi connectivity index (χ3v) is 5.38. The Balaban J connectivity index is 0.00000161. The maximum absolute atomic E-state index is 2.35. The second-order valence-electron chi connectivity index (χ2n) is 6.22. The molecule has 0 saturated carbocycles. The van der Waals surface area contributed by atoms with E-state index in [2.05, 4.69) is 65.8 Å². The summed E-state index contributed by atoms with van der Waals surface area (Å²) in [5.74, 6) is 0.504. The molecule has 0 fully saturated rings. The van der Waals surface area contributed by atoms with Gasteiger partial charge in [0.1, 0.15) is 0 Å². The molecule has 0 aliphatic heterocycles. The first-order chi connectivity index (χ1) is 9.45. The van der Waals surface area contributed by atoms with Gasteiger partial charge in [-0.1, -0.05) is 64.5 Å². The van der Waals surface area contributed by atoms with E-state index in [4.69, 9.17) is 0 Å². The smallest absolute Gasteiger partial charge is 1.00 e. The predicted octanol–water partition coefficient (Wildman–Crippen LogP) is -0.308. The molecule has 23 heavy (non-hydrogen) atoms. The fourth-order valence-electron chi connectivity index (χ4n) is 3.87. The molecule has 0 spiro atoms. The van der Waals surface area contributed by atoms with E-state index in [1.54, 1.807) is 0 Å². The molecule has 1 radical (unpaired) electrons. The van der Waals surface area contributed by atoms with E-state index >= 15 is 0 Å². The molecule has 0 amide bonds. The fourth-order valence-corrected chi connectivity index (χ4v) is 3.87. The molecule has 0 heterocycles. The maximum Gasteiger partial charge on any atom is 3.00 e. The summed E-state index contributed by atoms with van der Waals surface area (Å²) >= 11 is 0. The van der Waals surface area contributed by atoms with Gasteiger partial charge in [-0.25, -0.2) is 0 Å². The van der Waals surface area contributed by atoms with Crippen LogP contribution < -0.4 is 24.8 Å². The van der Waals surface area contributed by atoms with Crippen molar-refractivity contribution >= 4 is 11.1 Å². The van der Waals surface area contributed by atoms with Crippen LogP contribution in [-0.4, -0.2) is 0 Å². The molecule has 121 valence electrons. The number of hydrogen-bond donors (Lipinski definition) is 0. The molecule has 2 aromatic rings. The van der Waals surface area contributed by atoms with Gasteiger partial charge in [0, 0.05) is 0 Å². The van der Waals surface area contributed by atoms with Gasteiger partial charge in [-0.15, -0.1) is 22.3 Å². The first-order valence-electron chi connectivity index (χ1n) is 7.48. The Morgan fingerprint density at radius 2 is 1.48 bits per heavy atom. The van der Waals surface area contributed by atoms with Crippen LogP contribution in [-0.2, 0) is 26.2 Å². The van der Waals surface area contributed by atoms with Crippen LogP contribution in [0.5, 0.6) is 0 Å². The van der Waals surface area contributed by atoms with E-state index in [-0.39, 0.29) is 51.0 Å². The quantitative estimate of drug-likeness (QED) is 0.550. The van der Waals surface area contributed by atoms with Gasteiger partial charge >= 0.3 is 26.2 Å². The average molecular weight is 426 g/mol. The number of benzene rings is 1. The summed E-state index contributed by atoms with van der Waals surface area (Å²) in [7, 11) is 0. The summed E-state index contributed by atoms with van der Waals surface area (Å²) in [5.41, 5.74) is 13.3. The van der Waals surface area contributed by atoms with Gasteiger partial charge in [-0.2, -0.15) is 11.1 Å². The molecular formula is C20H23Cl2Zr. The molecule has 0 saturated heterocycles. The zero-order chi connectivity index (χ0) is 14.6. The van der Waals surface area contributed by atoms with Gasteiger partial charge < -0.3 is 24.8 Å². The van der Waals surface area contributed by atoms with Crippen molar-refractivity contribution < 1.29 is 51.0 Å². The number of fused-ring (bicyclic) bond motifs is 1. The van der Waals surface area contributed by atoms with Crippen molar-refractivity contribution in [1.82, 2.24) is 0 Å². The Bertz CT molecular complexity index is 713. The predicted molar refractivity (Wildman–Crippen MR) is 88.3 cm³/mol. The number of hydrogen-bond acceptors (Lipinski definition) is 0. The van der Waals surface area contributed by atoms with Gasteiger partial charge in [0.05, 0.1) is 0 Å². The molecule has 2 aromatic carbocycles. The van der Waals surface area contributed by atoms with Crippen LogP contribution in [0, 0.1) is 27.7 Å².